The molecule has 1 N–H and O–H groups in total. The molecule has 2 rings (SSSR count). The second-order valence-electron chi connectivity index (χ2n) is 4.86. The van der Waals surface area contributed by atoms with E-state index in [4.69, 9.17) is 9.84 Å². The second-order valence-corrected chi connectivity index (χ2v) is 5.72. The number of hydrogen-bond acceptors (Lipinski definition) is 2. The summed E-state index contributed by atoms with van der Waals surface area (Å²) in [5.74, 6) is 0.0403. The minimum absolute atomic E-state index is 0.183. The number of rotatable bonds is 5. The molecule has 3 nitrogen and oxygen atoms in total. The maximum Gasteiger partial charge on any atom is 0.304 e. The van der Waals surface area contributed by atoms with Gasteiger partial charge in [-0.3, -0.25) is 4.79 Å². The molecule has 4 heteroatoms. The number of aryl methyl sites for hydroxylation is 1. The van der Waals surface area contributed by atoms with Gasteiger partial charge in [-0.25, -0.2) is 0 Å². The number of carboxylic acid groups (broad SMARTS) is 1. The van der Waals surface area contributed by atoms with Crippen molar-refractivity contribution in [3.63, 3.8) is 0 Å². The molecule has 0 heterocycles. The maximum atomic E-state index is 11.0. The van der Waals surface area contributed by atoms with E-state index in [2.05, 4.69) is 28.9 Å². The fourth-order valence-corrected chi connectivity index (χ4v) is 3.11. The molecule has 0 saturated heterocycles. The van der Waals surface area contributed by atoms with Crippen molar-refractivity contribution in [2.75, 3.05) is 7.11 Å². The normalized spacial score (nSPS) is 16.4. The van der Waals surface area contributed by atoms with Crippen molar-refractivity contribution in [3.05, 3.63) is 27.7 Å². The molecular weight excluding hydrogens is 296 g/mol. The Morgan fingerprint density at radius 3 is 2.61 bits per heavy atom. The lowest BCUT2D eigenvalue weighted by atomic mass is 9.90. The topological polar surface area (TPSA) is 46.5 Å². The minimum Gasteiger partial charge on any atom is -0.495 e. The average Bonchev–Trinajstić information content (AvgIpc) is 3.07. The third kappa shape index (κ3) is 2.39. The van der Waals surface area contributed by atoms with Crippen molar-refractivity contribution in [2.24, 2.45) is 0 Å². The summed E-state index contributed by atoms with van der Waals surface area (Å²) in [6, 6.07) is 4.14. The Morgan fingerprint density at radius 1 is 1.50 bits per heavy atom. The summed E-state index contributed by atoms with van der Waals surface area (Å²) in [5.41, 5.74) is 2.03. The molecular formula is C14H17BrO3. The van der Waals surface area contributed by atoms with E-state index in [1.165, 1.54) is 5.56 Å². The number of carboxylic acids is 1. The molecule has 98 valence electrons. The van der Waals surface area contributed by atoms with Crippen LogP contribution in [0.2, 0.25) is 0 Å². The van der Waals surface area contributed by atoms with Crippen molar-refractivity contribution in [3.8, 4) is 5.75 Å². The van der Waals surface area contributed by atoms with Crippen LogP contribution in [0.3, 0.4) is 0 Å². The highest BCUT2D eigenvalue weighted by molar-refractivity contribution is 9.10. The number of carbonyl (C=O) groups is 1. The van der Waals surface area contributed by atoms with Crippen molar-refractivity contribution < 1.29 is 14.6 Å². The molecule has 0 bridgehead atoms. The van der Waals surface area contributed by atoms with Gasteiger partial charge in [-0.15, -0.1) is 0 Å². The number of halogens is 1. The van der Waals surface area contributed by atoms with Gasteiger partial charge in [0.15, 0.2) is 0 Å². The van der Waals surface area contributed by atoms with Crippen LogP contribution in [0.4, 0.5) is 0 Å². The van der Waals surface area contributed by atoms with Crippen LogP contribution in [0.1, 0.15) is 37.3 Å². The predicted octanol–water partition coefficient (Wildman–Crippen LogP) is 3.53. The van der Waals surface area contributed by atoms with E-state index < -0.39 is 5.97 Å². The lowest BCUT2D eigenvalue weighted by molar-refractivity contribution is -0.137. The summed E-state index contributed by atoms with van der Waals surface area (Å²) in [7, 11) is 1.63. The molecule has 0 amide bonds. The Kier molecular flexibility index (Phi) is 3.66. The SMILES string of the molecule is CCc1cc(Br)c(OC)c(C2(CC(=O)O)CC2)c1. The van der Waals surface area contributed by atoms with E-state index in [1.54, 1.807) is 7.11 Å². The van der Waals surface area contributed by atoms with E-state index in [0.29, 0.717) is 0 Å². The van der Waals surface area contributed by atoms with Gasteiger partial charge in [-0.05, 0) is 46.8 Å². The van der Waals surface area contributed by atoms with Crippen LogP contribution < -0.4 is 4.74 Å². The predicted molar refractivity (Wildman–Crippen MR) is 73.2 cm³/mol. The quantitative estimate of drug-likeness (QED) is 0.904. The number of methoxy groups -OCH3 is 1. The van der Waals surface area contributed by atoms with Gasteiger partial charge in [0.25, 0.3) is 0 Å². The van der Waals surface area contributed by atoms with Gasteiger partial charge in [-0.2, -0.15) is 0 Å². The molecule has 0 spiro atoms. The highest BCUT2D eigenvalue weighted by Gasteiger charge is 2.48. The van der Waals surface area contributed by atoms with Gasteiger partial charge < -0.3 is 9.84 Å². The lowest BCUT2D eigenvalue weighted by Crippen LogP contribution is -2.14. The first kappa shape index (κ1) is 13.4. The first-order valence-corrected chi connectivity index (χ1v) is 6.90. The average molecular weight is 313 g/mol. The van der Waals surface area contributed by atoms with Gasteiger partial charge in [-0.1, -0.05) is 13.0 Å². The molecule has 0 aliphatic heterocycles. The van der Waals surface area contributed by atoms with E-state index in [-0.39, 0.29) is 11.8 Å². The second kappa shape index (κ2) is 4.92. The molecule has 1 aromatic rings. The Labute approximate surface area is 115 Å². The third-order valence-corrected chi connectivity index (χ3v) is 4.22. The molecule has 1 saturated carbocycles. The van der Waals surface area contributed by atoms with E-state index in [0.717, 1.165) is 35.0 Å². The summed E-state index contributed by atoms with van der Waals surface area (Å²) >= 11 is 3.51. The monoisotopic (exact) mass is 312 g/mol. The summed E-state index contributed by atoms with van der Waals surface area (Å²) in [6.07, 6.45) is 2.96. The van der Waals surface area contributed by atoms with E-state index >= 15 is 0 Å². The summed E-state index contributed by atoms with van der Waals surface area (Å²) in [6.45, 7) is 2.09. The Hall–Kier alpha value is -1.03. The summed E-state index contributed by atoms with van der Waals surface area (Å²) < 4.78 is 6.36. The minimum atomic E-state index is -0.743. The number of hydrogen-bond donors (Lipinski definition) is 1. The van der Waals surface area contributed by atoms with E-state index in [1.807, 2.05) is 6.07 Å². The molecule has 18 heavy (non-hydrogen) atoms. The molecule has 0 atom stereocenters. The number of aliphatic carboxylic acids is 1. The zero-order valence-electron chi connectivity index (χ0n) is 10.6. The Bertz CT molecular complexity index is 478. The van der Waals surface area contributed by atoms with Gasteiger partial charge in [0, 0.05) is 11.0 Å². The molecule has 0 unspecified atom stereocenters. The fourth-order valence-electron chi connectivity index (χ4n) is 2.44. The van der Waals surface area contributed by atoms with Gasteiger partial charge >= 0.3 is 5.97 Å². The van der Waals surface area contributed by atoms with Crippen LogP contribution >= 0.6 is 15.9 Å². The van der Waals surface area contributed by atoms with Crippen LogP contribution in [-0.2, 0) is 16.6 Å². The summed E-state index contributed by atoms with van der Waals surface area (Å²) in [5, 5.41) is 9.06. The first-order valence-electron chi connectivity index (χ1n) is 6.11. The van der Waals surface area contributed by atoms with Crippen molar-refractivity contribution in [1.82, 2.24) is 0 Å². The maximum absolute atomic E-state index is 11.0. The standard InChI is InChI=1S/C14H17BrO3/c1-3-9-6-10(13(18-2)11(15)7-9)14(4-5-14)8-12(16)17/h6-7H,3-5,8H2,1-2H3,(H,16,17). The highest BCUT2D eigenvalue weighted by atomic mass is 79.9. The van der Waals surface area contributed by atoms with Crippen molar-refractivity contribution in [2.45, 2.75) is 38.0 Å². The Balaban J connectivity index is 2.48. The van der Waals surface area contributed by atoms with Crippen LogP contribution in [-0.4, -0.2) is 18.2 Å². The molecule has 1 aliphatic carbocycles. The fraction of sp³-hybridized carbons (Fsp3) is 0.500. The Morgan fingerprint density at radius 2 is 2.17 bits per heavy atom. The van der Waals surface area contributed by atoms with Gasteiger partial charge in [0.1, 0.15) is 5.75 Å². The van der Waals surface area contributed by atoms with E-state index in [9.17, 15) is 4.79 Å². The molecule has 1 fully saturated rings. The molecule has 0 radical (unpaired) electrons. The molecule has 0 aromatic heterocycles. The molecule has 1 aliphatic rings. The van der Waals surface area contributed by atoms with Crippen molar-refractivity contribution in [1.29, 1.82) is 0 Å². The first-order chi connectivity index (χ1) is 8.52. The van der Waals surface area contributed by atoms with Crippen molar-refractivity contribution >= 4 is 21.9 Å². The van der Waals surface area contributed by atoms with Gasteiger partial charge in [0.05, 0.1) is 18.0 Å². The zero-order valence-corrected chi connectivity index (χ0v) is 12.2. The van der Waals surface area contributed by atoms with Gasteiger partial charge in [0.2, 0.25) is 0 Å². The number of ether oxygens (including phenoxy) is 1. The largest absolute Gasteiger partial charge is 0.495 e. The van der Waals surface area contributed by atoms with Crippen LogP contribution in [0.25, 0.3) is 0 Å². The van der Waals surface area contributed by atoms with Crippen LogP contribution in [0, 0.1) is 0 Å². The lowest BCUT2D eigenvalue weighted by Gasteiger charge is -2.19. The van der Waals surface area contributed by atoms with Crippen LogP contribution in [0.5, 0.6) is 5.75 Å². The van der Waals surface area contributed by atoms with Crippen LogP contribution in [0.15, 0.2) is 16.6 Å². The number of benzene rings is 1. The third-order valence-electron chi connectivity index (χ3n) is 3.63. The highest BCUT2D eigenvalue weighted by Crippen LogP contribution is 2.55. The summed E-state index contributed by atoms with van der Waals surface area (Å²) in [4.78, 5) is 11.0. The zero-order chi connectivity index (χ0) is 13.3. The smallest absolute Gasteiger partial charge is 0.304 e. The molecule has 1 aromatic carbocycles.